The lowest BCUT2D eigenvalue weighted by molar-refractivity contribution is 0.956. The average molecular weight is 326 g/mol. The van der Waals surface area contributed by atoms with E-state index in [-0.39, 0.29) is 0 Å². The van der Waals surface area contributed by atoms with E-state index in [4.69, 9.17) is 23.2 Å². The molecule has 1 aromatic carbocycles. The second-order valence-corrected chi connectivity index (χ2v) is 5.47. The molecule has 5 nitrogen and oxygen atoms in total. The summed E-state index contributed by atoms with van der Waals surface area (Å²) in [4.78, 5) is 8.39. The normalized spacial score (nSPS) is 10.9. The summed E-state index contributed by atoms with van der Waals surface area (Å²) in [6.45, 7) is 2.37. The van der Waals surface area contributed by atoms with Crippen LogP contribution in [0, 0.1) is 6.92 Å². The van der Waals surface area contributed by atoms with Gasteiger partial charge in [-0.05, 0) is 19.1 Å². The molecule has 102 valence electrons. The van der Waals surface area contributed by atoms with Gasteiger partial charge >= 0.3 is 0 Å². The summed E-state index contributed by atoms with van der Waals surface area (Å²) in [5.74, 6) is 0.729. The number of aromatic nitrogens is 4. The quantitative estimate of drug-likeness (QED) is 0.795. The molecule has 8 heteroatoms. The Morgan fingerprint density at radius 1 is 1.20 bits per heavy atom. The number of anilines is 1. The molecule has 0 unspecified atom stereocenters. The zero-order valence-corrected chi connectivity index (χ0v) is 12.7. The Morgan fingerprint density at radius 3 is 2.80 bits per heavy atom. The molecule has 20 heavy (non-hydrogen) atoms. The first-order chi connectivity index (χ1) is 9.65. The molecule has 3 rings (SSSR count). The van der Waals surface area contributed by atoms with E-state index in [1.807, 2.05) is 13.0 Å². The first kappa shape index (κ1) is 13.5. The molecule has 3 aromatic rings. The van der Waals surface area contributed by atoms with Crippen LogP contribution in [0.4, 0.5) is 5.69 Å². The minimum atomic E-state index is 0.502. The highest BCUT2D eigenvalue weighted by Gasteiger charge is 2.13. The van der Waals surface area contributed by atoms with Crippen LogP contribution in [0.15, 0.2) is 18.3 Å². The van der Waals surface area contributed by atoms with Crippen LogP contribution < -0.4 is 5.32 Å². The number of benzene rings is 1. The summed E-state index contributed by atoms with van der Waals surface area (Å²) in [7, 11) is 0. The highest BCUT2D eigenvalue weighted by Crippen LogP contribution is 2.35. The van der Waals surface area contributed by atoms with Gasteiger partial charge in [0.1, 0.15) is 16.9 Å². The topological polar surface area (TPSA) is 63.6 Å². The third kappa shape index (κ3) is 2.54. The van der Waals surface area contributed by atoms with Crippen LogP contribution in [0.1, 0.15) is 11.5 Å². The Labute approximate surface area is 129 Å². The van der Waals surface area contributed by atoms with Crippen molar-refractivity contribution in [2.75, 3.05) is 5.32 Å². The summed E-state index contributed by atoms with van der Waals surface area (Å²) >= 11 is 13.4. The molecule has 0 aliphatic carbocycles. The minimum absolute atomic E-state index is 0.502. The lowest BCUT2D eigenvalue weighted by atomic mass is 10.2. The average Bonchev–Trinajstić information content (AvgIpc) is 2.88. The van der Waals surface area contributed by atoms with E-state index in [0.29, 0.717) is 27.6 Å². The minimum Gasteiger partial charge on any atom is -0.376 e. The maximum Gasteiger partial charge on any atom is 0.130 e. The van der Waals surface area contributed by atoms with Crippen molar-refractivity contribution < 1.29 is 0 Å². The molecule has 0 saturated carbocycles. The molecule has 0 atom stereocenters. The highest BCUT2D eigenvalue weighted by atomic mass is 35.5. The Morgan fingerprint density at radius 2 is 2.00 bits per heavy atom. The maximum atomic E-state index is 6.22. The number of fused-ring (bicyclic) bond motifs is 1. The second-order valence-electron chi connectivity index (χ2n) is 4.13. The Hall–Kier alpha value is -1.50. The largest absolute Gasteiger partial charge is 0.376 e. The number of nitrogens with one attached hydrogen (secondary N) is 1. The standard InChI is InChI=1S/C12H9Cl2N5S/c1-6-15-3-2-7(17-6)5-16-10-8(13)4-9(14)11-12(10)19-20-18-11/h2-4,16H,5H2,1H3. The van der Waals surface area contributed by atoms with Gasteiger partial charge < -0.3 is 5.32 Å². The Kier molecular flexibility index (Phi) is 3.69. The van der Waals surface area contributed by atoms with Crippen molar-refractivity contribution in [2.45, 2.75) is 13.5 Å². The third-order valence-corrected chi connectivity index (χ3v) is 3.84. The SMILES string of the molecule is Cc1nccc(CNc2c(Cl)cc(Cl)c3nsnc23)n1. The van der Waals surface area contributed by atoms with Crippen molar-refractivity contribution >= 4 is 51.7 Å². The van der Waals surface area contributed by atoms with Crippen LogP contribution in [0.2, 0.25) is 10.0 Å². The molecule has 1 N–H and O–H groups in total. The van der Waals surface area contributed by atoms with Crippen LogP contribution in [0.25, 0.3) is 11.0 Å². The summed E-state index contributed by atoms with van der Waals surface area (Å²) in [5, 5.41) is 4.25. The maximum absolute atomic E-state index is 6.22. The van der Waals surface area contributed by atoms with E-state index in [1.54, 1.807) is 12.3 Å². The predicted molar refractivity (Wildman–Crippen MR) is 81.5 cm³/mol. The number of aryl methyl sites for hydroxylation is 1. The van der Waals surface area contributed by atoms with Crippen molar-refractivity contribution in [1.29, 1.82) is 0 Å². The van der Waals surface area contributed by atoms with E-state index in [9.17, 15) is 0 Å². The van der Waals surface area contributed by atoms with Crippen molar-refractivity contribution in [3.63, 3.8) is 0 Å². The molecule has 0 radical (unpaired) electrons. The summed E-state index contributed by atoms with van der Waals surface area (Å²) in [5.41, 5.74) is 2.93. The molecular weight excluding hydrogens is 317 g/mol. The van der Waals surface area contributed by atoms with Crippen molar-refractivity contribution in [1.82, 2.24) is 18.7 Å². The molecule has 0 bridgehead atoms. The van der Waals surface area contributed by atoms with E-state index >= 15 is 0 Å². The number of rotatable bonds is 3. The molecule has 0 aliphatic heterocycles. The molecule has 0 fully saturated rings. The van der Waals surface area contributed by atoms with Gasteiger partial charge in [0, 0.05) is 6.20 Å². The molecular formula is C12H9Cl2N5S. The van der Waals surface area contributed by atoms with Crippen LogP contribution >= 0.6 is 34.9 Å². The van der Waals surface area contributed by atoms with E-state index in [2.05, 4.69) is 24.0 Å². The van der Waals surface area contributed by atoms with Gasteiger partial charge in [0.05, 0.1) is 39.7 Å². The van der Waals surface area contributed by atoms with E-state index in [0.717, 1.165) is 28.9 Å². The Balaban J connectivity index is 1.93. The lowest BCUT2D eigenvalue weighted by Gasteiger charge is -2.09. The van der Waals surface area contributed by atoms with Gasteiger partial charge in [0.25, 0.3) is 0 Å². The fourth-order valence-electron chi connectivity index (χ4n) is 1.82. The molecule has 0 saturated heterocycles. The molecule has 0 spiro atoms. The molecule has 0 aliphatic rings. The van der Waals surface area contributed by atoms with Gasteiger partial charge in [0.2, 0.25) is 0 Å². The lowest BCUT2D eigenvalue weighted by Crippen LogP contribution is -2.04. The van der Waals surface area contributed by atoms with E-state index in [1.165, 1.54) is 0 Å². The fraction of sp³-hybridized carbons (Fsp3) is 0.167. The highest BCUT2D eigenvalue weighted by molar-refractivity contribution is 7.00. The number of hydrogen-bond acceptors (Lipinski definition) is 6. The first-order valence-electron chi connectivity index (χ1n) is 5.78. The zero-order valence-electron chi connectivity index (χ0n) is 10.4. The Bertz CT molecular complexity index is 774. The predicted octanol–water partition coefficient (Wildman–Crippen LogP) is 3.71. The number of hydrogen-bond donors (Lipinski definition) is 1. The van der Waals surface area contributed by atoms with Crippen LogP contribution in [0.3, 0.4) is 0 Å². The van der Waals surface area contributed by atoms with Crippen molar-refractivity contribution in [2.24, 2.45) is 0 Å². The van der Waals surface area contributed by atoms with Crippen LogP contribution in [-0.4, -0.2) is 18.7 Å². The van der Waals surface area contributed by atoms with Crippen LogP contribution in [0.5, 0.6) is 0 Å². The first-order valence-corrected chi connectivity index (χ1v) is 7.26. The van der Waals surface area contributed by atoms with Gasteiger partial charge in [-0.25, -0.2) is 9.97 Å². The summed E-state index contributed by atoms with van der Waals surface area (Å²) in [6.07, 6.45) is 1.73. The van der Waals surface area contributed by atoms with Gasteiger partial charge in [-0.1, -0.05) is 23.2 Å². The molecule has 2 aromatic heterocycles. The van der Waals surface area contributed by atoms with E-state index < -0.39 is 0 Å². The number of nitrogens with zero attached hydrogens (tertiary/aromatic N) is 4. The smallest absolute Gasteiger partial charge is 0.130 e. The van der Waals surface area contributed by atoms with Crippen LogP contribution in [-0.2, 0) is 6.54 Å². The molecule has 0 amide bonds. The summed E-state index contributed by atoms with van der Waals surface area (Å²) < 4.78 is 8.40. The summed E-state index contributed by atoms with van der Waals surface area (Å²) in [6, 6.07) is 3.51. The second kappa shape index (κ2) is 5.47. The third-order valence-electron chi connectivity index (χ3n) is 2.72. The van der Waals surface area contributed by atoms with Gasteiger partial charge in [0.15, 0.2) is 0 Å². The van der Waals surface area contributed by atoms with Gasteiger partial charge in [-0.15, -0.1) is 0 Å². The monoisotopic (exact) mass is 325 g/mol. The van der Waals surface area contributed by atoms with Crippen molar-refractivity contribution in [3.8, 4) is 0 Å². The molecule has 2 heterocycles. The van der Waals surface area contributed by atoms with Crippen molar-refractivity contribution in [3.05, 3.63) is 39.9 Å². The zero-order chi connectivity index (χ0) is 14.1. The van der Waals surface area contributed by atoms with Gasteiger partial charge in [-0.2, -0.15) is 8.75 Å². The van der Waals surface area contributed by atoms with Gasteiger partial charge in [-0.3, -0.25) is 0 Å². The fourth-order valence-corrected chi connectivity index (χ4v) is 3.00. The number of halogens is 2.